The topological polar surface area (TPSA) is 73.3 Å². The van der Waals surface area contributed by atoms with E-state index in [1.54, 1.807) is 30.6 Å². The molecule has 1 N–H and O–H groups in total. The molecule has 0 radical (unpaired) electrons. The minimum Gasteiger partial charge on any atom is -0.489 e. The van der Waals surface area contributed by atoms with Gasteiger partial charge in [0.1, 0.15) is 0 Å². The maximum absolute atomic E-state index is 12.8. The Kier molecular flexibility index (Phi) is 5.87. The van der Waals surface area contributed by atoms with Gasteiger partial charge in [-0.05, 0) is 60.6 Å². The number of ether oxygens (including phenoxy) is 2. The summed E-state index contributed by atoms with van der Waals surface area (Å²) in [5.41, 5.74) is 2.06. The average molecular weight is 428 g/mol. The molecule has 2 aromatic carbocycles. The van der Waals surface area contributed by atoms with Gasteiger partial charge in [0.2, 0.25) is 0 Å². The summed E-state index contributed by atoms with van der Waals surface area (Å²) in [4.78, 5) is 22.2. The molecule has 1 aromatic heterocycles. The fraction of sp³-hybridized carbons (Fsp3) is 0.190. The fourth-order valence-electron chi connectivity index (χ4n) is 2.84. The number of hydrogen-bond donors (Lipinski definition) is 1. The Labute approximate surface area is 177 Å². The van der Waals surface area contributed by atoms with Gasteiger partial charge in [-0.1, -0.05) is 11.6 Å². The number of fused-ring (bicyclic) bond motifs is 1. The van der Waals surface area contributed by atoms with Crippen LogP contribution in [0.3, 0.4) is 0 Å². The molecule has 0 atom stereocenters. The van der Waals surface area contributed by atoms with Crippen molar-refractivity contribution >= 4 is 35.0 Å². The third-order valence-electron chi connectivity index (χ3n) is 4.26. The molecule has 0 fully saturated rings. The van der Waals surface area contributed by atoms with Crippen LogP contribution in [0.15, 0.2) is 58.8 Å². The van der Waals surface area contributed by atoms with E-state index in [0.717, 1.165) is 22.6 Å². The highest BCUT2D eigenvalue weighted by molar-refractivity contribution is 7.99. The lowest BCUT2D eigenvalue weighted by atomic mass is 10.1. The molecule has 0 bridgehead atoms. The van der Waals surface area contributed by atoms with Gasteiger partial charge in [0.25, 0.3) is 5.91 Å². The monoisotopic (exact) mass is 427 g/mol. The van der Waals surface area contributed by atoms with Crippen molar-refractivity contribution in [1.29, 1.82) is 0 Å². The summed E-state index contributed by atoms with van der Waals surface area (Å²) in [5, 5.41) is 3.97. The Morgan fingerprint density at radius 2 is 1.93 bits per heavy atom. The first-order valence-electron chi connectivity index (χ1n) is 9.06. The zero-order valence-corrected chi connectivity index (χ0v) is 17.2. The maximum atomic E-state index is 12.8. The highest BCUT2D eigenvalue weighted by Gasteiger charge is 2.19. The van der Waals surface area contributed by atoms with E-state index < -0.39 is 0 Å². The summed E-state index contributed by atoms with van der Waals surface area (Å²) in [6.45, 7) is 3.00. The normalized spacial score (nSPS) is 12.9. The number of carbonyl (C=O) groups is 1. The largest absolute Gasteiger partial charge is 0.489 e. The van der Waals surface area contributed by atoms with E-state index in [9.17, 15) is 4.79 Å². The van der Waals surface area contributed by atoms with Crippen LogP contribution in [-0.2, 0) is 0 Å². The number of aromatic nitrogens is 2. The van der Waals surface area contributed by atoms with Gasteiger partial charge >= 0.3 is 0 Å². The van der Waals surface area contributed by atoms with E-state index in [4.69, 9.17) is 21.1 Å². The number of aryl methyl sites for hydroxylation is 1. The summed E-state index contributed by atoms with van der Waals surface area (Å²) in [7, 11) is 0. The molecule has 1 aliphatic heterocycles. The van der Waals surface area contributed by atoms with Crippen molar-refractivity contribution in [2.24, 2.45) is 0 Å². The second kappa shape index (κ2) is 8.71. The first kappa shape index (κ1) is 19.5. The Morgan fingerprint density at radius 3 is 2.72 bits per heavy atom. The molecule has 8 heteroatoms. The predicted molar refractivity (Wildman–Crippen MR) is 112 cm³/mol. The lowest BCUT2D eigenvalue weighted by Crippen LogP contribution is -2.13. The molecule has 2 heterocycles. The lowest BCUT2D eigenvalue weighted by Gasteiger charge is -2.13. The second-order valence-corrected chi connectivity index (χ2v) is 7.85. The van der Waals surface area contributed by atoms with E-state index >= 15 is 0 Å². The van der Waals surface area contributed by atoms with Crippen molar-refractivity contribution in [3.05, 3.63) is 64.9 Å². The zero-order valence-electron chi connectivity index (χ0n) is 15.6. The standard InChI is InChI=1S/C21H18ClN3O3S/c1-13-10-15(29-21-23-6-2-7-24-21)4-5-17(13)25-20(26)14-11-16(22)19-18(12-14)27-8-3-9-28-19/h2,4-7,10-12H,3,8-9H2,1H3,(H,25,26). The van der Waals surface area contributed by atoms with Gasteiger partial charge < -0.3 is 14.8 Å². The number of nitrogens with zero attached hydrogens (tertiary/aromatic N) is 2. The number of amides is 1. The molecule has 1 aliphatic rings. The summed E-state index contributed by atoms with van der Waals surface area (Å²) in [6, 6.07) is 10.8. The van der Waals surface area contributed by atoms with E-state index in [1.165, 1.54) is 11.8 Å². The van der Waals surface area contributed by atoms with E-state index in [2.05, 4.69) is 15.3 Å². The van der Waals surface area contributed by atoms with Crippen LogP contribution < -0.4 is 14.8 Å². The van der Waals surface area contributed by atoms with Crippen molar-refractivity contribution < 1.29 is 14.3 Å². The van der Waals surface area contributed by atoms with Crippen molar-refractivity contribution in [2.75, 3.05) is 18.5 Å². The maximum Gasteiger partial charge on any atom is 0.255 e. The number of carbonyl (C=O) groups excluding carboxylic acids is 1. The number of benzene rings is 2. The first-order valence-corrected chi connectivity index (χ1v) is 10.3. The molecule has 0 spiro atoms. The van der Waals surface area contributed by atoms with Gasteiger partial charge in [-0.15, -0.1) is 0 Å². The molecular formula is C21H18ClN3O3S. The van der Waals surface area contributed by atoms with Crippen LogP contribution in [0, 0.1) is 6.92 Å². The molecule has 6 nitrogen and oxygen atoms in total. The van der Waals surface area contributed by atoms with Crippen molar-refractivity contribution in [3.8, 4) is 11.5 Å². The van der Waals surface area contributed by atoms with Gasteiger partial charge in [0.05, 0.1) is 18.2 Å². The Hall–Kier alpha value is -2.77. The van der Waals surface area contributed by atoms with E-state index in [0.29, 0.717) is 40.5 Å². The number of nitrogens with one attached hydrogen (secondary N) is 1. The number of anilines is 1. The molecule has 0 saturated carbocycles. The van der Waals surface area contributed by atoms with E-state index in [-0.39, 0.29) is 5.91 Å². The van der Waals surface area contributed by atoms with Gasteiger partial charge in [0.15, 0.2) is 16.7 Å². The van der Waals surface area contributed by atoms with Crippen LogP contribution in [0.25, 0.3) is 0 Å². The molecule has 0 aliphatic carbocycles. The van der Waals surface area contributed by atoms with Crippen LogP contribution in [0.4, 0.5) is 5.69 Å². The SMILES string of the molecule is Cc1cc(Sc2ncccn2)ccc1NC(=O)c1cc(Cl)c2c(c1)OCCCO2. The molecular weight excluding hydrogens is 410 g/mol. The minimum absolute atomic E-state index is 0.266. The van der Waals surface area contributed by atoms with Crippen LogP contribution in [0.5, 0.6) is 11.5 Å². The van der Waals surface area contributed by atoms with Gasteiger partial charge in [-0.2, -0.15) is 0 Å². The molecule has 29 heavy (non-hydrogen) atoms. The first-order chi connectivity index (χ1) is 14.1. The molecule has 0 unspecified atom stereocenters. The lowest BCUT2D eigenvalue weighted by molar-refractivity contribution is 0.102. The third kappa shape index (κ3) is 4.63. The highest BCUT2D eigenvalue weighted by Crippen LogP contribution is 2.38. The van der Waals surface area contributed by atoms with Gasteiger partial charge in [-0.25, -0.2) is 9.97 Å². The average Bonchev–Trinajstić information content (AvgIpc) is 2.97. The predicted octanol–water partition coefficient (Wildman–Crippen LogP) is 5.00. The molecule has 1 amide bonds. The quantitative estimate of drug-likeness (QED) is 0.590. The van der Waals surface area contributed by atoms with Crippen LogP contribution in [0.1, 0.15) is 22.3 Å². The van der Waals surface area contributed by atoms with Crippen molar-refractivity contribution in [1.82, 2.24) is 9.97 Å². The van der Waals surface area contributed by atoms with E-state index in [1.807, 2.05) is 25.1 Å². The Balaban J connectivity index is 1.51. The Bertz CT molecular complexity index is 1050. The second-order valence-electron chi connectivity index (χ2n) is 6.40. The summed E-state index contributed by atoms with van der Waals surface area (Å²) in [6.07, 6.45) is 4.18. The van der Waals surface area contributed by atoms with Crippen LogP contribution in [0.2, 0.25) is 5.02 Å². The number of hydrogen-bond acceptors (Lipinski definition) is 6. The van der Waals surface area contributed by atoms with Gasteiger partial charge in [0, 0.05) is 35.0 Å². The Morgan fingerprint density at radius 1 is 1.14 bits per heavy atom. The van der Waals surface area contributed by atoms with Crippen molar-refractivity contribution in [2.45, 2.75) is 23.4 Å². The smallest absolute Gasteiger partial charge is 0.255 e. The molecule has 4 rings (SSSR count). The molecule has 3 aromatic rings. The number of rotatable bonds is 4. The summed E-state index contributed by atoms with van der Waals surface area (Å²) >= 11 is 7.76. The van der Waals surface area contributed by atoms with Crippen LogP contribution in [-0.4, -0.2) is 29.1 Å². The molecule has 0 saturated heterocycles. The minimum atomic E-state index is -0.266. The number of halogens is 1. The summed E-state index contributed by atoms with van der Waals surface area (Å²) < 4.78 is 11.3. The zero-order chi connectivity index (χ0) is 20.2. The van der Waals surface area contributed by atoms with Gasteiger partial charge in [-0.3, -0.25) is 4.79 Å². The van der Waals surface area contributed by atoms with Crippen LogP contribution >= 0.6 is 23.4 Å². The molecule has 148 valence electrons. The summed E-state index contributed by atoms with van der Waals surface area (Å²) in [5.74, 6) is 0.713. The third-order valence-corrected chi connectivity index (χ3v) is 5.43. The fourth-order valence-corrected chi connectivity index (χ4v) is 3.91. The van der Waals surface area contributed by atoms with Crippen molar-refractivity contribution in [3.63, 3.8) is 0 Å². The highest BCUT2D eigenvalue weighted by atomic mass is 35.5.